The predicted octanol–water partition coefficient (Wildman–Crippen LogP) is 2.50. The van der Waals surface area contributed by atoms with Crippen molar-refractivity contribution in [1.82, 2.24) is 20.4 Å². The highest BCUT2D eigenvalue weighted by molar-refractivity contribution is 5.92. The van der Waals surface area contributed by atoms with Gasteiger partial charge in [0.15, 0.2) is 0 Å². The molecule has 1 amide bonds. The van der Waals surface area contributed by atoms with E-state index in [0.29, 0.717) is 18.2 Å². The summed E-state index contributed by atoms with van der Waals surface area (Å²) < 4.78 is 1.78. The number of amides is 1. The Morgan fingerprint density at radius 1 is 1.30 bits per heavy atom. The van der Waals surface area contributed by atoms with Crippen LogP contribution < -0.4 is 10.6 Å². The summed E-state index contributed by atoms with van der Waals surface area (Å²) in [6.45, 7) is 6.57. The number of fused-ring (bicyclic) bond motifs is 1. The standard InChI is InChI=1S/C17H22N4O.ClH/c1-11(2)16-7-15(20-21(16)3)17(22)19-8-12-4-5-13-9-18-10-14(13)6-12;/h4-7,11,18H,8-10H2,1-3H3,(H,19,22);1H. The Labute approximate surface area is 142 Å². The first-order valence-corrected chi connectivity index (χ1v) is 7.68. The van der Waals surface area contributed by atoms with Gasteiger partial charge in [0.2, 0.25) is 0 Å². The van der Waals surface area contributed by atoms with Crippen LogP contribution in [-0.2, 0) is 26.7 Å². The van der Waals surface area contributed by atoms with Crippen LogP contribution in [0.4, 0.5) is 0 Å². The van der Waals surface area contributed by atoms with E-state index in [1.165, 1.54) is 11.1 Å². The van der Waals surface area contributed by atoms with Crippen LogP contribution in [0.25, 0.3) is 0 Å². The summed E-state index contributed by atoms with van der Waals surface area (Å²) in [6.07, 6.45) is 0. The summed E-state index contributed by atoms with van der Waals surface area (Å²) in [4.78, 5) is 12.2. The third kappa shape index (κ3) is 3.74. The van der Waals surface area contributed by atoms with Crippen LogP contribution in [0, 0.1) is 0 Å². The second kappa shape index (κ2) is 7.15. The largest absolute Gasteiger partial charge is 0.347 e. The molecule has 2 aromatic rings. The minimum atomic E-state index is -0.124. The van der Waals surface area contributed by atoms with Crippen molar-refractivity contribution in [2.24, 2.45) is 7.05 Å². The number of aromatic nitrogens is 2. The van der Waals surface area contributed by atoms with Crippen molar-refractivity contribution in [3.63, 3.8) is 0 Å². The maximum absolute atomic E-state index is 12.2. The monoisotopic (exact) mass is 334 g/mol. The predicted molar refractivity (Wildman–Crippen MR) is 92.7 cm³/mol. The molecule has 2 heterocycles. The molecule has 0 unspecified atom stereocenters. The average Bonchev–Trinajstić information content (AvgIpc) is 3.10. The van der Waals surface area contributed by atoms with E-state index in [0.717, 1.165) is 24.3 Å². The molecule has 2 N–H and O–H groups in total. The summed E-state index contributed by atoms with van der Waals surface area (Å²) in [6, 6.07) is 8.23. The van der Waals surface area contributed by atoms with Gasteiger partial charge < -0.3 is 10.6 Å². The van der Waals surface area contributed by atoms with Gasteiger partial charge in [-0.2, -0.15) is 5.10 Å². The third-order valence-electron chi connectivity index (χ3n) is 4.09. The number of nitrogens with one attached hydrogen (secondary N) is 2. The summed E-state index contributed by atoms with van der Waals surface area (Å²) in [7, 11) is 1.87. The average molecular weight is 335 g/mol. The second-order valence-electron chi connectivity index (χ2n) is 6.12. The van der Waals surface area contributed by atoms with Crippen LogP contribution in [0.2, 0.25) is 0 Å². The van der Waals surface area contributed by atoms with E-state index < -0.39 is 0 Å². The summed E-state index contributed by atoms with van der Waals surface area (Å²) in [5, 5.41) is 10.6. The lowest BCUT2D eigenvalue weighted by Crippen LogP contribution is -2.23. The fraction of sp³-hybridized carbons (Fsp3) is 0.412. The summed E-state index contributed by atoms with van der Waals surface area (Å²) >= 11 is 0. The van der Waals surface area contributed by atoms with Gasteiger partial charge in [0.1, 0.15) is 5.69 Å². The number of carbonyl (C=O) groups is 1. The van der Waals surface area contributed by atoms with Gasteiger partial charge in [-0.25, -0.2) is 0 Å². The van der Waals surface area contributed by atoms with E-state index in [1.807, 2.05) is 13.1 Å². The first-order chi connectivity index (χ1) is 10.5. The number of benzene rings is 1. The van der Waals surface area contributed by atoms with Gasteiger partial charge in [-0.05, 0) is 28.7 Å². The Hall–Kier alpha value is -1.85. The van der Waals surface area contributed by atoms with Crippen molar-refractivity contribution >= 4 is 18.3 Å². The van der Waals surface area contributed by atoms with Gasteiger partial charge in [-0.3, -0.25) is 9.48 Å². The van der Waals surface area contributed by atoms with E-state index in [-0.39, 0.29) is 18.3 Å². The number of rotatable bonds is 4. The highest BCUT2D eigenvalue weighted by atomic mass is 35.5. The Bertz CT molecular complexity index is 709. The van der Waals surface area contributed by atoms with Crippen molar-refractivity contribution in [3.05, 3.63) is 52.3 Å². The number of carbonyl (C=O) groups excluding carboxylic acids is 1. The molecule has 0 radical (unpaired) electrons. The zero-order chi connectivity index (χ0) is 15.7. The lowest BCUT2D eigenvalue weighted by atomic mass is 10.1. The van der Waals surface area contributed by atoms with Gasteiger partial charge in [0, 0.05) is 32.4 Å². The number of hydrogen-bond acceptors (Lipinski definition) is 3. The zero-order valence-electron chi connectivity index (χ0n) is 13.7. The molecule has 1 aromatic heterocycles. The van der Waals surface area contributed by atoms with Crippen molar-refractivity contribution in [2.75, 3.05) is 0 Å². The molecule has 0 aliphatic carbocycles. The van der Waals surface area contributed by atoms with Gasteiger partial charge >= 0.3 is 0 Å². The fourth-order valence-corrected chi connectivity index (χ4v) is 2.86. The molecule has 0 atom stereocenters. The Kier molecular flexibility index (Phi) is 5.44. The van der Waals surface area contributed by atoms with Gasteiger partial charge in [0.25, 0.3) is 5.91 Å². The topological polar surface area (TPSA) is 59.0 Å². The van der Waals surface area contributed by atoms with E-state index in [4.69, 9.17) is 0 Å². The van der Waals surface area contributed by atoms with Crippen LogP contribution in [-0.4, -0.2) is 15.7 Å². The van der Waals surface area contributed by atoms with Gasteiger partial charge in [0.05, 0.1) is 0 Å². The summed E-state index contributed by atoms with van der Waals surface area (Å²) in [5.41, 5.74) is 5.34. The lowest BCUT2D eigenvalue weighted by Gasteiger charge is -2.05. The molecule has 6 heteroatoms. The normalized spacial score (nSPS) is 12.9. The Morgan fingerprint density at radius 3 is 2.74 bits per heavy atom. The molecule has 23 heavy (non-hydrogen) atoms. The van der Waals surface area contributed by atoms with Crippen molar-refractivity contribution in [1.29, 1.82) is 0 Å². The molecule has 0 bridgehead atoms. The molecule has 5 nitrogen and oxygen atoms in total. The fourth-order valence-electron chi connectivity index (χ4n) is 2.86. The van der Waals surface area contributed by atoms with Gasteiger partial charge in [-0.15, -0.1) is 12.4 Å². The van der Waals surface area contributed by atoms with Crippen LogP contribution in [0.15, 0.2) is 24.3 Å². The van der Waals surface area contributed by atoms with E-state index in [1.54, 1.807) is 4.68 Å². The molecule has 0 saturated heterocycles. The number of hydrogen-bond donors (Lipinski definition) is 2. The molecule has 0 saturated carbocycles. The lowest BCUT2D eigenvalue weighted by molar-refractivity contribution is 0.0945. The molecule has 1 aromatic carbocycles. The SMILES string of the molecule is CC(C)c1cc(C(=O)NCc2ccc3c(c2)CNC3)nn1C.Cl. The zero-order valence-corrected chi connectivity index (χ0v) is 14.5. The van der Waals surface area contributed by atoms with Crippen molar-refractivity contribution < 1.29 is 4.79 Å². The maximum Gasteiger partial charge on any atom is 0.272 e. The highest BCUT2D eigenvalue weighted by Gasteiger charge is 2.15. The van der Waals surface area contributed by atoms with Crippen molar-refractivity contribution in [2.45, 2.75) is 39.4 Å². The molecule has 1 aliphatic heterocycles. The second-order valence-corrected chi connectivity index (χ2v) is 6.12. The van der Waals surface area contributed by atoms with Crippen LogP contribution in [0.3, 0.4) is 0 Å². The smallest absolute Gasteiger partial charge is 0.272 e. The number of aryl methyl sites for hydroxylation is 1. The minimum absolute atomic E-state index is 0. The molecular weight excluding hydrogens is 312 g/mol. The molecular formula is C17H23ClN4O. The van der Waals surface area contributed by atoms with Crippen LogP contribution >= 0.6 is 12.4 Å². The molecule has 0 fully saturated rings. The van der Waals surface area contributed by atoms with Gasteiger partial charge in [-0.1, -0.05) is 32.0 Å². The van der Waals surface area contributed by atoms with Crippen molar-refractivity contribution in [3.8, 4) is 0 Å². The highest BCUT2D eigenvalue weighted by Crippen LogP contribution is 2.17. The first kappa shape index (κ1) is 17.5. The molecule has 3 rings (SSSR count). The van der Waals surface area contributed by atoms with E-state index >= 15 is 0 Å². The van der Waals surface area contributed by atoms with Crippen LogP contribution in [0.1, 0.15) is 52.6 Å². The quantitative estimate of drug-likeness (QED) is 0.903. The number of halogens is 1. The van der Waals surface area contributed by atoms with E-state index in [2.05, 4.69) is 47.8 Å². The Morgan fingerprint density at radius 2 is 2.04 bits per heavy atom. The van der Waals surface area contributed by atoms with Crippen LogP contribution in [0.5, 0.6) is 0 Å². The molecule has 124 valence electrons. The third-order valence-corrected chi connectivity index (χ3v) is 4.09. The minimum Gasteiger partial charge on any atom is -0.347 e. The Balaban J connectivity index is 0.00000192. The number of nitrogens with zero attached hydrogens (tertiary/aromatic N) is 2. The molecule has 0 spiro atoms. The summed E-state index contributed by atoms with van der Waals surface area (Å²) in [5.74, 6) is 0.226. The molecule has 1 aliphatic rings. The van der Waals surface area contributed by atoms with E-state index in [9.17, 15) is 4.79 Å². The first-order valence-electron chi connectivity index (χ1n) is 7.68. The maximum atomic E-state index is 12.2.